The molecule has 0 spiro atoms. The van der Waals surface area contributed by atoms with Crippen molar-refractivity contribution >= 4 is 32.4 Å². The predicted octanol–water partition coefficient (Wildman–Crippen LogP) is 4.82. The number of nitrogen functional groups attached to an aromatic ring is 1. The molecule has 0 radical (unpaired) electrons. The third-order valence-electron chi connectivity index (χ3n) is 3.15. The van der Waals surface area contributed by atoms with Gasteiger partial charge in [-0.2, -0.15) is 0 Å². The van der Waals surface area contributed by atoms with E-state index in [1.54, 1.807) is 24.4 Å². The van der Waals surface area contributed by atoms with Gasteiger partial charge in [0.25, 0.3) is 0 Å². The van der Waals surface area contributed by atoms with E-state index in [9.17, 15) is 4.39 Å². The smallest absolute Gasteiger partial charge is 0.141 e. The lowest BCUT2D eigenvalue weighted by Gasteiger charge is -2.12. The number of nitrogens with two attached hydrogens (primary N) is 1. The van der Waals surface area contributed by atoms with E-state index in [-0.39, 0.29) is 5.82 Å². The number of fused-ring (bicyclic) bond motifs is 1. The average molecular weight is 347 g/mol. The highest BCUT2D eigenvalue weighted by atomic mass is 79.9. The van der Waals surface area contributed by atoms with Gasteiger partial charge in [0.2, 0.25) is 0 Å². The Balaban J connectivity index is 2.12. The maximum absolute atomic E-state index is 13.1. The molecule has 3 aromatic rings. The summed E-state index contributed by atoms with van der Waals surface area (Å²) in [6.07, 6.45) is 1.73. The van der Waals surface area contributed by atoms with Gasteiger partial charge in [0.1, 0.15) is 17.3 Å². The number of anilines is 1. The lowest BCUT2D eigenvalue weighted by Crippen LogP contribution is -1.93. The molecule has 0 atom stereocenters. The molecular formula is C16H12BrFN2O. The minimum absolute atomic E-state index is 0.323. The van der Waals surface area contributed by atoms with E-state index in [4.69, 9.17) is 10.5 Å². The summed E-state index contributed by atoms with van der Waals surface area (Å²) in [5, 5.41) is 1.70. The minimum atomic E-state index is -0.323. The Labute approximate surface area is 129 Å². The van der Waals surface area contributed by atoms with E-state index < -0.39 is 0 Å². The van der Waals surface area contributed by atoms with Crippen LogP contribution >= 0.6 is 15.9 Å². The highest BCUT2D eigenvalue weighted by molar-refractivity contribution is 9.10. The molecule has 0 saturated carbocycles. The summed E-state index contributed by atoms with van der Waals surface area (Å²) in [4.78, 5) is 4.25. The molecule has 1 aromatic heterocycles. The van der Waals surface area contributed by atoms with Crippen molar-refractivity contribution in [3.05, 3.63) is 58.6 Å². The first-order chi connectivity index (χ1) is 10.0. The molecule has 5 heteroatoms. The third-order valence-corrected chi connectivity index (χ3v) is 3.76. The molecule has 0 saturated heterocycles. The van der Waals surface area contributed by atoms with Gasteiger partial charge < -0.3 is 10.5 Å². The summed E-state index contributed by atoms with van der Waals surface area (Å²) in [6.45, 7) is 1.90. The maximum atomic E-state index is 13.1. The fourth-order valence-electron chi connectivity index (χ4n) is 2.10. The molecule has 3 nitrogen and oxygen atoms in total. The molecule has 0 aliphatic heterocycles. The van der Waals surface area contributed by atoms with Crippen molar-refractivity contribution in [2.45, 2.75) is 6.92 Å². The summed E-state index contributed by atoms with van der Waals surface area (Å²) in [7, 11) is 0. The summed E-state index contributed by atoms with van der Waals surface area (Å²) >= 11 is 3.30. The van der Waals surface area contributed by atoms with Crippen molar-refractivity contribution in [1.82, 2.24) is 4.98 Å². The minimum Gasteiger partial charge on any atom is -0.456 e. The SMILES string of the molecule is Cc1cc2c(Oc3ccc(F)cc3Br)ccc(N)c2cn1. The highest BCUT2D eigenvalue weighted by Crippen LogP contribution is 2.36. The predicted molar refractivity (Wildman–Crippen MR) is 85.1 cm³/mol. The number of ether oxygens (including phenoxy) is 1. The Bertz CT molecular complexity index is 836. The van der Waals surface area contributed by atoms with Gasteiger partial charge in [-0.25, -0.2) is 4.39 Å². The lowest BCUT2D eigenvalue weighted by molar-refractivity contribution is 0.483. The van der Waals surface area contributed by atoms with E-state index in [1.165, 1.54) is 12.1 Å². The van der Waals surface area contributed by atoms with Crippen LogP contribution in [0.2, 0.25) is 0 Å². The summed E-state index contributed by atoms with van der Waals surface area (Å²) in [5.41, 5.74) is 7.48. The molecule has 0 bridgehead atoms. The normalized spacial score (nSPS) is 10.8. The fourth-order valence-corrected chi connectivity index (χ4v) is 2.54. The molecular weight excluding hydrogens is 335 g/mol. The van der Waals surface area contributed by atoms with Crippen LogP contribution in [0.1, 0.15) is 5.69 Å². The first-order valence-corrected chi connectivity index (χ1v) is 7.11. The zero-order valence-corrected chi connectivity index (χ0v) is 12.8. The van der Waals surface area contributed by atoms with Crippen LogP contribution in [0.25, 0.3) is 10.8 Å². The average Bonchev–Trinajstić information content (AvgIpc) is 2.44. The standard InChI is InChI=1S/C16H12BrFN2O/c1-9-6-11-12(8-20-9)14(19)3-5-15(11)21-16-4-2-10(18)7-13(16)17/h2-8H,19H2,1H3. The van der Waals surface area contributed by atoms with E-state index in [1.807, 2.05) is 13.0 Å². The molecule has 106 valence electrons. The van der Waals surface area contributed by atoms with Crippen molar-refractivity contribution in [2.24, 2.45) is 0 Å². The second-order valence-electron chi connectivity index (χ2n) is 4.70. The van der Waals surface area contributed by atoms with Gasteiger partial charge in [-0.1, -0.05) is 0 Å². The number of aromatic nitrogens is 1. The molecule has 0 unspecified atom stereocenters. The van der Waals surface area contributed by atoms with Crippen molar-refractivity contribution in [3.8, 4) is 11.5 Å². The van der Waals surface area contributed by atoms with E-state index in [0.29, 0.717) is 21.7 Å². The molecule has 2 N–H and O–H groups in total. The molecule has 0 fully saturated rings. The van der Waals surface area contributed by atoms with Crippen LogP contribution in [0.3, 0.4) is 0 Å². The van der Waals surface area contributed by atoms with Crippen LogP contribution in [0, 0.1) is 12.7 Å². The Morgan fingerprint density at radius 2 is 1.86 bits per heavy atom. The van der Waals surface area contributed by atoms with Crippen LogP contribution in [-0.2, 0) is 0 Å². The summed E-state index contributed by atoms with van der Waals surface area (Å²) in [6, 6.07) is 9.78. The van der Waals surface area contributed by atoms with E-state index in [2.05, 4.69) is 20.9 Å². The topological polar surface area (TPSA) is 48.1 Å². The number of pyridine rings is 1. The van der Waals surface area contributed by atoms with Crippen molar-refractivity contribution < 1.29 is 9.13 Å². The second kappa shape index (κ2) is 5.33. The van der Waals surface area contributed by atoms with Gasteiger partial charge in [0.15, 0.2) is 0 Å². The van der Waals surface area contributed by atoms with Gasteiger partial charge in [-0.3, -0.25) is 4.98 Å². The zero-order valence-electron chi connectivity index (χ0n) is 11.2. The van der Waals surface area contributed by atoms with Gasteiger partial charge in [0.05, 0.1) is 4.47 Å². The number of nitrogens with zero attached hydrogens (tertiary/aromatic N) is 1. The first-order valence-electron chi connectivity index (χ1n) is 6.32. The molecule has 0 aliphatic rings. The number of rotatable bonds is 2. The quantitative estimate of drug-likeness (QED) is 0.676. The van der Waals surface area contributed by atoms with Crippen LogP contribution in [0.5, 0.6) is 11.5 Å². The number of halogens is 2. The lowest BCUT2D eigenvalue weighted by atomic mass is 10.1. The van der Waals surface area contributed by atoms with E-state index >= 15 is 0 Å². The molecule has 0 aliphatic carbocycles. The number of hydrogen-bond donors (Lipinski definition) is 1. The Hall–Kier alpha value is -2.14. The monoisotopic (exact) mass is 346 g/mol. The second-order valence-corrected chi connectivity index (χ2v) is 5.56. The van der Waals surface area contributed by atoms with Gasteiger partial charge in [-0.15, -0.1) is 0 Å². The highest BCUT2D eigenvalue weighted by Gasteiger charge is 2.10. The van der Waals surface area contributed by atoms with Crippen molar-refractivity contribution in [2.75, 3.05) is 5.73 Å². The van der Waals surface area contributed by atoms with E-state index in [0.717, 1.165) is 16.5 Å². The Morgan fingerprint density at radius 3 is 2.62 bits per heavy atom. The number of benzene rings is 2. The molecule has 1 heterocycles. The largest absolute Gasteiger partial charge is 0.456 e. The van der Waals surface area contributed by atoms with Gasteiger partial charge in [0, 0.05) is 28.4 Å². The molecule has 0 amide bonds. The molecule has 21 heavy (non-hydrogen) atoms. The van der Waals surface area contributed by atoms with Gasteiger partial charge >= 0.3 is 0 Å². The first kappa shape index (κ1) is 13.8. The van der Waals surface area contributed by atoms with Crippen molar-refractivity contribution in [3.63, 3.8) is 0 Å². The number of aryl methyl sites for hydroxylation is 1. The zero-order chi connectivity index (χ0) is 15.0. The summed E-state index contributed by atoms with van der Waals surface area (Å²) < 4.78 is 19.6. The Kier molecular flexibility index (Phi) is 3.51. The third kappa shape index (κ3) is 2.69. The van der Waals surface area contributed by atoms with Crippen LogP contribution in [0.15, 0.2) is 47.1 Å². The molecule has 2 aromatic carbocycles. The van der Waals surface area contributed by atoms with Crippen LogP contribution in [0.4, 0.5) is 10.1 Å². The fraction of sp³-hybridized carbons (Fsp3) is 0.0625. The maximum Gasteiger partial charge on any atom is 0.141 e. The molecule has 3 rings (SSSR count). The van der Waals surface area contributed by atoms with Crippen LogP contribution in [-0.4, -0.2) is 4.98 Å². The van der Waals surface area contributed by atoms with Crippen molar-refractivity contribution in [1.29, 1.82) is 0 Å². The Morgan fingerprint density at radius 1 is 1.10 bits per heavy atom. The summed E-state index contributed by atoms with van der Waals surface area (Å²) in [5.74, 6) is 0.866. The number of hydrogen-bond acceptors (Lipinski definition) is 3. The van der Waals surface area contributed by atoms with Gasteiger partial charge in [-0.05, 0) is 59.3 Å². The van der Waals surface area contributed by atoms with Crippen LogP contribution < -0.4 is 10.5 Å².